The summed E-state index contributed by atoms with van der Waals surface area (Å²) in [5.41, 5.74) is 3.31. The van der Waals surface area contributed by atoms with Crippen molar-refractivity contribution in [2.75, 3.05) is 0 Å². The monoisotopic (exact) mass is 156 g/mol. The third-order valence-corrected chi connectivity index (χ3v) is 1.79. The highest BCUT2D eigenvalue weighted by Crippen LogP contribution is 2.14. The van der Waals surface area contributed by atoms with Crippen LogP contribution in [0.2, 0.25) is 0 Å². The van der Waals surface area contributed by atoms with Crippen LogP contribution in [0.3, 0.4) is 0 Å². The molecular formula is C12H12. The van der Waals surface area contributed by atoms with Crippen molar-refractivity contribution in [3.8, 4) is 0 Å². The zero-order valence-corrected chi connectivity index (χ0v) is 7.09. The zero-order chi connectivity index (χ0) is 8.97. The van der Waals surface area contributed by atoms with Crippen LogP contribution in [0.4, 0.5) is 0 Å². The molecule has 0 amide bonds. The van der Waals surface area contributed by atoms with Gasteiger partial charge in [0.15, 0.2) is 0 Å². The second kappa shape index (κ2) is 3.72. The van der Waals surface area contributed by atoms with Crippen LogP contribution in [0, 0.1) is 0 Å². The highest BCUT2D eigenvalue weighted by Gasteiger charge is 1.94. The largest absolute Gasteiger partial charge is 0.0985 e. The molecule has 1 aromatic carbocycles. The molecular weight excluding hydrogens is 144 g/mol. The molecule has 0 spiro atoms. The van der Waals surface area contributed by atoms with Crippen molar-refractivity contribution in [1.29, 1.82) is 0 Å². The Balaban J connectivity index is 3.27. The molecule has 0 aliphatic rings. The van der Waals surface area contributed by atoms with E-state index in [1.54, 1.807) is 0 Å². The van der Waals surface area contributed by atoms with Crippen molar-refractivity contribution < 1.29 is 0 Å². The van der Waals surface area contributed by atoms with Crippen LogP contribution < -0.4 is 0 Å². The Morgan fingerprint density at radius 3 is 2.00 bits per heavy atom. The van der Waals surface area contributed by atoms with E-state index in [1.165, 1.54) is 0 Å². The zero-order valence-electron chi connectivity index (χ0n) is 7.09. The van der Waals surface area contributed by atoms with E-state index in [2.05, 4.69) is 19.7 Å². The molecule has 0 aliphatic carbocycles. The van der Waals surface area contributed by atoms with Gasteiger partial charge in [0.2, 0.25) is 0 Å². The van der Waals surface area contributed by atoms with Crippen molar-refractivity contribution in [2.45, 2.75) is 0 Å². The topological polar surface area (TPSA) is 0 Å². The van der Waals surface area contributed by atoms with E-state index in [-0.39, 0.29) is 0 Å². The van der Waals surface area contributed by atoms with E-state index < -0.39 is 0 Å². The van der Waals surface area contributed by atoms with Gasteiger partial charge in [0.05, 0.1) is 0 Å². The van der Waals surface area contributed by atoms with E-state index in [0.29, 0.717) is 0 Å². The van der Waals surface area contributed by atoms with E-state index in [9.17, 15) is 0 Å². The molecule has 0 saturated carbocycles. The SMILES string of the molecule is C=Cc1ccc(C=C)c(C=C)c1. The van der Waals surface area contributed by atoms with Crippen molar-refractivity contribution in [3.63, 3.8) is 0 Å². The first-order chi connectivity index (χ1) is 5.81. The van der Waals surface area contributed by atoms with E-state index in [0.717, 1.165) is 16.7 Å². The minimum Gasteiger partial charge on any atom is -0.0985 e. The molecule has 0 N–H and O–H groups in total. The van der Waals surface area contributed by atoms with Gasteiger partial charge in [0.1, 0.15) is 0 Å². The minimum atomic E-state index is 1.10. The molecule has 0 fully saturated rings. The molecule has 0 nitrogen and oxygen atoms in total. The fourth-order valence-corrected chi connectivity index (χ4v) is 1.08. The Kier molecular flexibility index (Phi) is 2.65. The predicted molar refractivity (Wildman–Crippen MR) is 56.7 cm³/mol. The second-order valence-electron chi connectivity index (χ2n) is 2.50. The molecule has 0 bridgehead atoms. The Hall–Kier alpha value is -1.56. The van der Waals surface area contributed by atoms with Crippen LogP contribution in [0.5, 0.6) is 0 Å². The standard InChI is InChI=1S/C12H12/c1-4-10-7-8-11(5-2)12(6-3)9-10/h4-9H,1-3H2. The summed E-state index contributed by atoms with van der Waals surface area (Å²) in [6.45, 7) is 11.2. The van der Waals surface area contributed by atoms with Gasteiger partial charge in [-0.05, 0) is 22.8 Å². The molecule has 0 aliphatic heterocycles. The predicted octanol–water partition coefficient (Wildman–Crippen LogP) is 3.62. The van der Waals surface area contributed by atoms with E-state index >= 15 is 0 Å². The second-order valence-corrected chi connectivity index (χ2v) is 2.50. The van der Waals surface area contributed by atoms with Crippen LogP contribution >= 0.6 is 0 Å². The third kappa shape index (κ3) is 1.54. The Morgan fingerprint density at radius 1 is 0.833 bits per heavy atom. The average Bonchev–Trinajstić information content (AvgIpc) is 2.16. The molecule has 0 saturated heterocycles. The van der Waals surface area contributed by atoms with E-state index in [4.69, 9.17) is 0 Å². The fraction of sp³-hybridized carbons (Fsp3) is 0. The smallest absolute Gasteiger partial charge is 0.0184 e. The highest BCUT2D eigenvalue weighted by atomic mass is 14.0. The van der Waals surface area contributed by atoms with Gasteiger partial charge in [-0.2, -0.15) is 0 Å². The summed E-state index contributed by atoms with van der Waals surface area (Å²) >= 11 is 0. The molecule has 0 radical (unpaired) electrons. The van der Waals surface area contributed by atoms with Crippen molar-refractivity contribution in [3.05, 3.63) is 54.6 Å². The van der Waals surface area contributed by atoms with Gasteiger partial charge in [0.25, 0.3) is 0 Å². The lowest BCUT2D eigenvalue weighted by Gasteiger charge is -2.01. The summed E-state index contributed by atoms with van der Waals surface area (Å²) in [6, 6.07) is 6.06. The molecule has 12 heavy (non-hydrogen) atoms. The molecule has 0 atom stereocenters. The van der Waals surface area contributed by atoms with Crippen molar-refractivity contribution >= 4 is 18.2 Å². The summed E-state index contributed by atoms with van der Waals surface area (Å²) in [4.78, 5) is 0. The number of hydrogen-bond acceptors (Lipinski definition) is 0. The van der Waals surface area contributed by atoms with Gasteiger partial charge in [-0.25, -0.2) is 0 Å². The molecule has 0 unspecified atom stereocenters. The van der Waals surface area contributed by atoms with Gasteiger partial charge in [-0.1, -0.05) is 50.1 Å². The maximum absolute atomic E-state index is 3.73. The summed E-state index contributed by atoms with van der Waals surface area (Å²) in [6.07, 6.45) is 5.47. The summed E-state index contributed by atoms with van der Waals surface area (Å²) in [7, 11) is 0. The molecule has 60 valence electrons. The van der Waals surface area contributed by atoms with Crippen molar-refractivity contribution in [2.24, 2.45) is 0 Å². The third-order valence-electron chi connectivity index (χ3n) is 1.79. The molecule has 1 rings (SSSR count). The van der Waals surface area contributed by atoms with Crippen LogP contribution in [0.25, 0.3) is 18.2 Å². The summed E-state index contributed by atoms with van der Waals surface area (Å²) < 4.78 is 0. The summed E-state index contributed by atoms with van der Waals surface area (Å²) in [5.74, 6) is 0. The van der Waals surface area contributed by atoms with Crippen LogP contribution in [0.1, 0.15) is 16.7 Å². The van der Waals surface area contributed by atoms with Crippen LogP contribution in [-0.2, 0) is 0 Å². The Labute approximate surface area is 73.6 Å². The fourth-order valence-electron chi connectivity index (χ4n) is 1.08. The lowest BCUT2D eigenvalue weighted by molar-refractivity contribution is 1.59. The maximum Gasteiger partial charge on any atom is -0.0184 e. The van der Waals surface area contributed by atoms with Gasteiger partial charge >= 0.3 is 0 Å². The van der Waals surface area contributed by atoms with Crippen molar-refractivity contribution in [1.82, 2.24) is 0 Å². The lowest BCUT2D eigenvalue weighted by atomic mass is 10.0. The highest BCUT2D eigenvalue weighted by molar-refractivity contribution is 5.66. The first-order valence-corrected chi connectivity index (χ1v) is 3.83. The quantitative estimate of drug-likeness (QED) is 0.627. The number of hydrogen-bond donors (Lipinski definition) is 0. The lowest BCUT2D eigenvalue weighted by Crippen LogP contribution is -1.81. The average molecular weight is 156 g/mol. The molecule has 1 aromatic rings. The number of benzene rings is 1. The number of rotatable bonds is 3. The first kappa shape index (κ1) is 8.54. The normalized spacial score (nSPS) is 9.00. The van der Waals surface area contributed by atoms with Gasteiger partial charge in [0, 0.05) is 0 Å². The van der Waals surface area contributed by atoms with Gasteiger partial charge < -0.3 is 0 Å². The van der Waals surface area contributed by atoms with Gasteiger partial charge in [-0.3, -0.25) is 0 Å². The maximum atomic E-state index is 3.73. The Bertz CT molecular complexity index is 319. The molecule has 0 aromatic heterocycles. The first-order valence-electron chi connectivity index (χ1n) is 3.83. The van der Waals surface area contributed by atoms with Crippen LogP contribution in [0.15, 0.2) is 37.9 Å². The van der Waals surface area contributed by atoms with Crippen LogP contribution in [-0.4, -0.2) is 0 Å². The summed E-state index contributed by atoms with van der Waals surface area (Å²) in [5, 5.41) is 0. The van der Waals surface area contributed by atoms with E-state index in [1.807, 2.05) is 36.4 Å². The van der Waals surface area contributed by atoms with Gasteiger partial charge in [-0.15, -0.1) is 0 Å². The molecule has 0 heteroatoms. The minimum absolute atomic E-state index is 1.10. The molecule has 0 heterocycles. The Morgan fingerprint density at radius 2 is 1.50 bits per heavy atom.